The number of hydrogen-bond acceptors (Lipinski definition) is 5. The van der Waals surface area contributed by atoms with Crippen LogP contribution in [0.5, 0.6) is 0 Å². The SMILES string of the molecule is CC(=O)NCC1CN(c2ccc(N3CC4CC(C)(C3)C4=O)c(F)c2)C(=O)O1. The Labute approximate surface area is 156 Å². The molecule has 0 radical (unpaired) electrons. The first-order valence-electron chi connectivity index (χ1n) is 9.08. The number of rotatable bonds is 4. The second kappa shape index (κ2) is 6.21. The molecule has 0 aromatic heterocycles. The second-order valence-corrected chi connectivity index (χ2v) is 7.90. The van der Waals surface area contributed by atoms with Gasteiger partial charge in [0.1, 0.15) is 17.7 Å². The summed E-state index contributed by atoms with van der Waals surface area (Å²) >= 11 is 0. The van der Waals surface area contributed by atoms with Gasteiger partial charge < -0.3 is 15.0 Å². The van der Waals surface area contributed by atoms with E-state index in [-0.39, 0.29) is 36.1 Å². The Hall–Kier alpha value is -2.64. The van der Waals surface area contributed by atoms with Gasteiger partial charge in [0.05, 0.1) is 24.5 Å². The number of anilines is 2. The molecule has 27 heavy (non-hydrogen) atoms. The number of nitrogens with zero attached hydrogens (tertiary/aromatic N) is 2. The number of Topliss-reactive ketones (excluding diaryl/α,β-unsaturated/α-hetero) is 1. The van der Waals surface area contributed by atoms with Gasteiger partial charge in [-0.3, -0.25) is 14.5 Å². The van der Waals surface area contributed by atoms with Crippen LogP contribution >= 0.6 is 0 Å². The third-order valence-corrected chi connectivity index (χ3v) is 5.68. The summed E-state index contributed by atoms with van der Waals surface area (Å²) in [4.78, 5) is 38.4. The molecule has 4 aliphatic rings. The molecule has 1 aliphatic carbocycles. The maximum absolute atomic E-state index is 14.8. The Bertz CT molecular complexity index is 829. The monoisotopic (exact) mass is 375 g/mol. The lowest BCUT2D eigenvalue weighted by molar-refractivity contribution is -0.146. The summed E-state index contributed by atoms with van der Waals surface area (Å²) in [7, 11) is 0. The number of piperidine rings is 2. The zero-order chi connectivity index (χ0) is 19.3. The predicted octanol–water partition coefficient (Wildman–Crippen LogP) is 1.70. The molecule has 3 aliphatic heterocycles. The smallest absolute Gasteiger partial charge is 0.414 e. The molecule has 7 nitrogen and oxygen atoms in total. The maximum Gasteiger partial charge on any atom is 0.414 e. The van der Waals surface area contributed by atoms with Crippen molar-refractivity contribution in [2.45, 2.75) is 26.4 Å². The number of fused-ring (bicyclic) bond motifs is 2. The van der Waals surface area contributed by atoms with E-state index in [4.69, 9.17) is 4.74 Å². The number of benzene rings is 1. The van der Waals surface area contributed by atoms with Crippen LogP contribution in [0.1, 0.15) is 20.3 Å². The van der Waals surface area contributed by atoms with Gasteiger partial charge in [-0.2, -0.15) is 0 Å². The van der Waals surface area contributed by atoms with E-state index < -0.39 is 18.0 Å². The van der Waals surface area contributed by atoms with Gasteiger partial charge in [0.25, 0.3) is 0 Å². The van der Waals surface area contributed by atoms with E-state index in [9.17, 15) is 18.8 Å². The van der Waals surface area contributed by atoms with Crippen LogP contribution in [0.25, 0.3) is 0 Å². The number of hydrogen-bond donors (Lipinski definition) is 1. The fourth-order valence-corrected chi connectivity index (χ4v) is 4.34. The first-order chi connectivity index (χ1) is 12.8. The molecule has 1 N–H and O–H groups in total. The van der Waals surface area contributed by atoms with Gasteiger partial charge in [-0.05, 0) is 24.6 Å². The highest BCUT2D eigenvalue weighted by Gasteiger charge is 2.55. The van der Waals surface area contributed by atoms with Gasteiger partial charge in [0.2, 0.25) is 5.91 Å². The fourth-order valence-electron chi connectivity index (χ4n) is 4.34. The number of amides is 2. The Morgan fingerprint density at radius 3 is 2.78 bits per heavy atom. The van der Waals surface area contributed by atoms with E-state index >= 15 is 0 Å². The van der Waals surface area contributed by atoms with Crippen LogP contribution in [0.4, 0.5) is 20.6 Å². The van der Waals surface area contributed by atoms with Crippen LogP contribution in [0, 0.1) is 17.2 Å². The van der Waals surface area contributed by atoms with E-state index in [1.165, 1.54) is 17.9 Å². The normalized spacial score (nSPS) is 29.4. The molecule has 3 atom stereocenters. The van der Waals surface area contributed by atoms with Crippen LogP contribution in [-0.4, -0.2) is 50.1 Å². The number of ketones is 1. The predicted molar refractivity (Wildman–Crippen MR) is 96.1 cm³/mol. The number of ether oxygens (including phenoxy) is 1. The average Bonchev–Trinajstić information content (AvgIpc) is 2.99. The van der Waals surface area contributed by atoms with Crippen LogP contribution in [0.15, 0.2) is 18.2 Å². The van der Waals surface area contributed by atoms with Gasteiger partial charge in [0.15, 0.2) is 0 Å². The lowest BCUT2D eigenvalue weighted by atomic mass is 9.58. The quantitative estimate of drug-likeness (QED) is 0.867. The molecule has 3 heterocycles. The molecule has 4 fully saturated rings. The minimum Gasteiger partial charge on any atom is -0.442 e. The molecular weight excluding hydrogens is 353 g/mol. The van der Waals surface area contributed by atoms with Crippen molar-refractivity contribution >= 4 is 29.2 Å². The molecule has 5 rings (SSSR count). The van der Waals surface area contributed by atoms with E-state index in [0.717, 1.165) is 6.42 Å². The van der Waals surface area contributed by atoms with Gasteiger partial charge in [-0.15, -0.1) is 0 Å². The number of halogens is 1. The van der Waals surface area contributed by atoms with Gasteiger partial charge in [0, 0.05) is 31.3 Å². The number of carbonyl (C=O) groups excluding carboxylic acids is 3. The van der Waals surface area contributed by atoms with Crippen LogP contribution in [0.2, 0.25) is 0 Å². The summed E-state index contributed by atoms with van der Waals surface area (Å²) in [6, 6.07) is 4.66. The van der Waals surface area contributed by atoms with E-state index in [0.29, 0.717) is 24.5 Å². The average molecular weight is 375 g/mol. The third-order valence-electron chi connectivity index (χ3n) is 5.68. The van der Waals surface area contributed by atoms with Gasteiger partial charge >= 0.3 is 6.09 Å². The van der Waals surface area contributed by atoms with Crippen molar-refractivity contribution in [2.75, 3.05) is 36.0 Å². The van der Waals surface area contributed by atoms with Crippen molar-refractivity contribution < 1.29 is 23.5 Å². The van der Waals surface area contributed by atoms with E-state index in [1.807, 2.05) is 11.8 Å². The maximum atomic E-state index is 14.8. The first-order valence-corrected chi connectivity index (χ1v) is 9.08. The Balaban J connectivity index is 1.47. The molecule has 1 aromatic rings. The van der Waals surface area contributed by atoms with Gasteiger partial charge in [-0.1, -0.05) is 6.92 Å². The molecular formula is C19H22FN3O4. The van der Waals surface area contributed by atoms with Crippen LogP contribution in [0.3, 0.4) is 0 Å². The van der Waals surface area contributed by atoms with Crippen molar-refractivity contribution in [2.24, 2.45) is 11.3 Å². The largest absolute Gasteiger partial charge is 0.442 e. The topological polar surface area (TPSA) is 79.0 Å². The first kappa shape index (κ1) is 17.8. The van der Waals surface area contributed by atoms with E-state index in [2.05, 4.69) is 5.32 Å². The van der Waals surface area contributed by atoms with Crippen molar-refractivity contribution in [3.05, 3.63) is 24.0 Å². The summed E-state index contributed by atoms with van der Waals surface area (Å²) in [6.07, 6.45) is -0.156. The summed E-state index contributed by atoms with van der Waals surface area (Å²) in [5, 5.41) is 2.61. The standard InChI is InChI=1S/C19H22FN3O4/c1-11(24)21-7-14-9-23(18(26)27-14)13-3-4-16(15(20)5-13)22-8-12-6-19(2,10-22)17(12)25/h3-5,12,14H,6-10H2,1-2H3,(H,21,24). The highest BCUT2D eigenvalue weighted by atomic mass is 19.1. The number of carbonyl (C=O) groups is 3. The summed E-state index contributed by atoms with van der Waals surface area (Å²) in [5.74, 6) is -0.360. The van der Waals surface area contributed by atoms with Crippen molar-refractivity contribution in [3.8, 4) is 0 Å². The Kier molecular flexibility index (Phi) is 4.09. The number of nitrogens with one attached hydrogen (secondary N) is 1. The molecule has 2 bridgehead atoms. The number of cyclic esters (lactones) is 1. The fraction of sp³-hybridized carbons (Fsp3) is 0.526. The van der Waals surface area contributed by atoms with Crippen molar-refractivity contribution in [1.29, 1.82) is 0 Å². The van der Waals surface area contributed by atoms with Crippen LogP contribution < -0.4 is 15.1 Å². The Morgan fingerprint density at radius 2 is 2.15 bits per heavy atom. The zero-order valence-electron chi connectivity index (χ0n) is 15.3. The minimum absolute atomic E-state index is 0.00841. The minimum atomic E-state index is -0.560. The van der Waals surface area contributed by atoms with E-state index in [1.54, 1.807) is 12.1 Å². The molecule has 3 unspecified atom stereocenters. The summed E-state index contributed by atoms with van der Waals surface area (Å²) in [6.45, 7) is 4.84. The molecule has 1 aromatic carbocycles. The summed E-state index contributed by atoms with van der Waals surface area (Å²) in [5.41, 5.74) is 0.490. The second-order valence-electron chi connectivity index (χ2n) is 7.90. The molecule has 8 heteroatoms. The lowest BCUT2D eigenvalue weighted by Gasteiger charge is -2.53. The highest BCUT2D eigenvalue weighted by Crippen LogP contribution is 2.48. The molecule has 3 saturated heterocycles. The van der Waals surface area contributed by atoms with Crippen LogP contribution in [-0.2, 0) is 14.3 Å². The Morgan fingerprint density at radius 1 is 1.37 bits per heavy atom. The molecule has 1 saturated carbocycles. The third kappa shape index (κ3) is 3.02. The van der Waals surface area contributed by atoms with Gasteiger partial charge in [-0.25, -0.2) is 9.18 Å². The van der Waals surface area contributed by atoms with Crippen molar-refractivity contribution in [3.63, 3.8) is 0 Å². The summed E-state index contributed by atoms with van der Waals surface area (Å²) < 4.78 is 20.0. The highest BCUT2D eigenvalue weighted by molar-refractivity contribution is 5.95. The molecule has 2 amide bonds. The lowest BCUT2D eigenvalue weighted by Crippen LogP contribution is -2.62. The van der Waals surface area contributed by atoms with Crippen molar-refractivity contribution in [1.82, 2.24) is 5.32 Å². The molecule has 0 spiro atoms. The zero-order valence-corrected chi connectivity index (χ0v) is 15.3. The molecule has 144 valence electrons.